The molecule has 0 bridgehead atoms. The Kier molecular flexibility index (Phi) is 5.42. The van der Waals surface area contributed by atoms with Gasteiger partial charge in [-0.3, -0.25) is 9.69 Å². The summed E-state index contributed by atoms with van der Waals surface area (Å²) < 4.78 is 0. The van der Waals surface area contributed by atoms with E-state index in [2.05, 4.69) is 22.1 Å². The lowest BCUT2D eigenvalue weighted by Crippen LogP contribution is -2.35. The van der Waals surface area contributed by atoms with Gasteiger partial charge in [0.1, 0.15) is 5.82 Å². The van der Waals surface area contributed by atoms with Crippen LogP contribution in [0.25, 0.3) is 0 Å². The molecule has 1 aromatic heterocycles. The highest BCUT2D eigenvalue weighted by Crippen LogP contribution is 2.05. The first-order valence-corrected chi connectivity index (χ1v) is 5.80. The minimum absolute atomic E-state index is 0.0161. The highest BCUT2D eigenvalue weighted by atomic mass is 16.1. The molecule has 0 spiro atoms. The Morgan fingerprint density at radius 3 is 2.88 bits per heavy atom. The number of nitrogen functional groups attached to an aromatic ring is 1. The number of nitrogens with two attached hydrogens (primary N) is 1. The lowest BCUT2D eigenvalue weighted by Gasteiger charge is -2.20. The highest BCUT2D eigenvalue weighted by molar-refractivity contribution is 5.77. The number of carbonyl (C=O) groups excluding carboxylic acids is 1. The Labute approximate surface area is 102 Å². The maximum absolute atomic E-state index is 11.4. The van der Waals surface area contributed by atoms with Crippen LogP contribution in [-0.4, -0.2) is 35.9 Å². The Balaban J connectivity index is 2.62. The number of rotatable bonds is 6. The van der Waals surface area contributed by atoms with E-state index >= 15 is 0 Å². The summed E-state index contributed by atoms with van der Waals surface area (Å²) in [6.45, 7) is 3.99. The van der Waals surface area contributed by atoms with Gasteiger partial charge in [-0.25, -0.2) is 4.98 Å². The predicted molar refractivity (Wildman–Crippen MR) is 68.3 cm³/mol. The van der Waals surface area contributed by atoms with E-state index in [9.17, 15) is 4.79 Å². The lowest BCUT2D eigenvalue weighted by molar-refractivity contribution is -0.121. The molecule has 17 heavy (non-hydrogen) atoms. The molecule has 0 atom stereocenters. The van der Waals surface area contributed by atoms with Gasteiger partial charge in [0.15, 0.2) is 0 Å². The van der Waals surface area contributed by atoms with Crippen LogP contribution in [0.3, 0.4) is 0 Å². The Bertz CT molecular complexity index is 367. The van der Waals surface area contributed by atoms with E-state index < -0.39 is 0 Å². The molecule has 1 aromatic rings. The van der Waals surface area contributed by atoms with Crippen LogP contribution in [-0.2, 0) is 11.3 Å². The fourth-order valence-electron chi connectivity index (χ4n) is 1.63. The number of nitrogens with zero attached hydrogens (tertiary/aromatic N) is 2. The van der Waals surface area contributed by atoms with E-state index in [0.29, 0.717) is 18.9 Å². The van der Waals surface area contributed by atoms with Crippen LogP contribution in [0, 0.1) is 0 Å². The standard InChI is InChI=1S/C12H20N4O/c1-3-7-16(9-12(17)14-2)8-10-5-4-6-11(13)15-10/h4-6H,3,7-9H2,1-2H3,(H2,13,15)(H,14,17). The van der Waals surface area contributed by atoms with Crippen molar-refractivity contribution in [3.05, 3.63) is 23.9 Å². The molecule has 0 aliphatic rings. The molecule has 1 amide bonds. The van der Waals surface area contributed by atoms with Crippen LogP contribution in [0.2, 0.25) is 0 Å². The fraction of sp³-hybridized carbons (Fsp3) is 0.500. The van der Waals surface area contributed by atoms with Crippen LogP contribution in [0.1, 0.15) is 19.0 Å². The van der Waals surface area contributed by atoms with Crippen molar-refractivity contribution in [3.8, 4) is 0 Å². The monoisotopic (exact) mass is 236 g/mol. The van der Waals surface area contributed by atoms with Crippen molar-refractivity contribution in [1.82, 2.24) is 15.2 Å². The normalized spacial score (nSPS) is 10.5. The number of likely N-dealkylation sites (N-methyl/N-ethyl adjacent to an activating group) is 1. The van der Waals surface area contributed by atoms with E-state index in [1.165, 1.54) is 0 Å². The molecule has 0 aliphatic heterocycles. The molecule has 5 nitrogen and oxygen atoms in total. The van der Waals surface area contributed by atoms with Crippen LogP contribution in [0.4, 0.5) is 5.82 Å². The van der Waals surface area contributed by atoms with Gasteiger partial charge in [0, 0.05) is 13.6 Å². The second kappa shape index (κ2) is 6.85. The number of amides is 1. The summed E-state index contributed by atoms with van der Waals surface area (Å²) in [6.07, 6.45) is 0.999. The average Bonchev–Trinajstić information content (AvgIpc) is 2.29. The van der Waals surface area contributed by atoms with Crippen molar-refractivity contribution >= 4 is 11.7 Å². The van der Waals surface area contributed by atoms with Crippen molar-refractivity contribution in [3.63, 3.8) is 0 Å². The minimum atomic E-state index is 0.0161. The largest absolute Gasteiger partial charge is 0.384 e. The van der Waals surface area contributed by atoms with E-state index in [0.717, 1.165) is 18.7 Å². The molecule has 3 N–H and O–H groups in total. The third-order valence-electron chi connectivity index (χ3n) is 2.40. The molecule has 94 valence electrons. The van der Waals surface area contributed by atoms with E-state index in [-0.39, 0.29) is 5.91 Å². The Hall–Kier alpha value is -1.62. The van der Waals surface area contributed by atoms with E-state index in [1.807, 2.05) is 12.1 Å². The molecule has 1 rings (SSSR count). The second-order valence-corrected chi connectivity index (χ2v) is 3.94. The molecule has 0 unspecified atom stereocenters. The number of nitrogens with one attached hydrogen (secondary N) is 1. The van der Waals surface area contributed by atoms with Crippen LogP contribution < -0.4 is 11.1 Å². The summed E-state index contributed by atoms with van der Waals surface area (Å²) >= 11 is 0. The summed E-state index contributed by atoms with van der Waals surface area (Å²) in [5.41, 5.74) is 6.52. The zero-order chi connectivity index (χ0) is 12.7. The second-order valence-electron chi connectivity index (χ2n) is 3.94. The lowest BCUT2D eigenvalue weighted by atomic mass is 10.3. The molecule has 0 fully saturated rings. The van der Waals surface area contributed by atoms with Crippen molar-refractivity contribution in [2.45, 2.75) is 19.9 Å². The minimum Gasteiger partial charge on any atom is -0.384 e. The van der Waals surface area contributed by atoms with Gasteiger partial charge in [0.2, 0.25) is 5.91 Å². The average molecular weight is 236 g/mol. The summed E-state index contributed by atoms with van der Waals surface area (Å²) in [7, 11) is 1.64. The third kappa shape index (κ3) is 4.82. The smallest absolute Gasteiger partial charge is 0.233 e. The molecular formula is C12H20N4O. The Morgan fingerprint density at radius 2 is 2.29 bits per heavy atom. The molecule has 0 radical (unpaired) electrons. The van der Waals surface area contributed by atoms with Crippen LogP contribution >= 0.6 is 0 Å². The Morgan fingerprint density at radius 1 is 1.53 bits per heavy atom. The summed E-state index contributed by atoms with van der Waals surface area (Å²) in [6, 6.07) is 5.55. The molecule has 0 saturated carbocycles. The number of hydrogen-bond donors (Lipinski definition) is 2. The zero-order valence-electron chi connectivity index (χ0n) is 10.4. The number of anilines is 1. The first-order valence-electron chi connectivity index (χ1n) is 5.80. The number of hydrogen-bond acceptors (Lipinski definition) is 4. The van der Waals surface area contributed by atoms with Crippen LogP contribution in [0.5, 0.6) is 0 Å². The fourth-order valence-corrected chi connectivity index (χ4v) is 1.63. The van der Waals surface area contributed by atoms with Gasteiger partial charge in [0.05, 0.1) is 12.2 Å². The molecule has 0 saturated heterocycles. The van der Waals surface area contributed by atoms with Gasteiger partial charge < -0.3 is 11.1 Å². The van der Waals surface area contributed by atoms with Gasteiger partial charge in [-0.15, -0.1) is 0 Å². The maximum Gasteiger partial charge on any atom is 0.233 e. The molecule has 5 heteroatoms. The molecule has 0 aromatic carbocycles. The predicted octanol–water partition coefficient (Wildman–Crippen LogP) is 0.622. The molecular weight excluding hydrogens is 216 g/mol. The quantitative estimate of drug-likeness (QED) is 0.759. The number of carbonyl (C=O) groups is 1. The van der Waals surface area contributed by atoms with Gasteiger partial charge in [-0.1, -0.05) is 13.0 Å². The van der Waals surface area contributed by atoms with E-state index in [4.69, 9.17) is 5.73 Å². The van der Waals surface area contributed by atoms with Crippen molar-refractivity contribution < 1.29 is 4.79 Å². The number of pyridine rings is 1. The molecule has 0 aliphatic carbocycles. The zero-order valence-corrected chi connectivity index (χ0v) is 10.4. The van der Waals surface area contributed by atoms with E-state index in [1.54, 1.807) is 13.1 Å². The third-order valence-corrected chi connectivity index (χ3v) is 2.40. The highest BCUT2D eigenvalue weighted by Gasteiger charge is 2.10. The summed E-state index contributed by atoms with van der Waals surface area (Å²) in [5, 5.41) is 2.63. The number of aromatic nitrogens is 1. The topological polar surface area (TPSA) is 71.2 Å². The summed E-state index contributed by atoms with van der Waals surface area (Å²) in [5.74, 6) is 0.529. The van der Waals surface area contributed by atoms with Crippen molar-refractivity contribution in [2.75, 3.05) is 25.9 Å². The van der Waals surface area contributed by atoms with Gasteiger partial charge in [-0.05, 0) is 25.1 Å². The first kappa shape index (κ1) is 13.4. The van der Waals surface area contributed by atoms with Crippen molar-refractivity contribution in [2.24, 2.45) is 0 Å². The summed E-state index contributed by atoms with van der Waals surface area (Å²) in [4.78, 5) is 17.6. The SMILES string of the molecule is CCCN(CC(=O)NC)Cc1cccc(N)n1. The first-order chi connectivity index (χ1) is 8.15. The van der Waals surface area contributed by atoms with Gasteiger partial charge in [-0.2, -0.15) is 0 Å². The van der Waals surface area contributed by atoms with Gasteiger partial charge >= 0.3 is 0 Å². The van der Waals surface area contributed by atoms with Crippen molar-refractivity contribution in [1.29, 1.82) is 0 Å². The van der Waals surface area contributed by atoms with Gasteiger partial charge in [0.25, 0.3) is 0 Å². The molecule has 1 heterocycles. The van der Waals surface area contributed by atoms with Crippen LogP contribution in [0.15, 0.2) is 18.2 Å². The maximum atomic E-state index is 11.4.